The molecular weight excluding hydrogens is 502 g/mol. The SMILES string of the molecule is O=C1CC[C@H](N2Cc3cc(-c4cnc5n4CCN(Cc4ccccc4-c4ccccc4)C5)ccc3C2=O)C(=O)N1. The second-order valence-corrected chi connectivity index (χ2v) is 10.7. The Morgan fingerprint density at radius 1 is 0.850 bits per heavy atom. The van der Waals surface area contributed by atoms with Crippen LogP contribution in [0.4, 0.5) is 0 Å². The number of hydrogen-bond donors (Lipinski definition) is 1. The van der Waals surface area contributed by atoms with Gasteiger partial charge in [0, 0.05) is 43.7 Å². The molecule has 3 aromatic carbocycles. The summed E-state index contributed by atoms with van der Waals surface area (Å²) in [6.45, 7) is 3.72. The molecule has 1 fully saturated rings. The maximum atomic E-state index is 13.1. The Hall–Kier alpha value is -4.56. The van der Waals surface area contributed by atoms with Crippen molar-refractivity contribution in [3.05, 3.63) is 102 Å². The lowest BCUT2D eigenvalue weighted by molar-refractivity contribution is -0.136. The summed E-state index contributed by atoms with van der Waals surface area (Å²) < 4.78 is 2.27. The first-order valence-electron chi connectivity index (χ1n) is 13.7. The molecule has 8 heteroatoms. The van der Waals surface area contributed by atoms with Gasteiger partial charge in [0.2, 0.25) is 11.8 Å². The van der Waals surface area contributed by atoms with Gasteiger partial charge in [-0.2, -0.15) is 0 Å². The first-order chi connectivity index (χ1) is 19.5. The Bertz CT molecular complexity index is 1640. The van der Waals surface area contributed by atoms with Gasteiger partial charge in [-0.1, -0.05) is 60.7 Å². The summed E-state index contributed by atoms with van der Waals surface area (Å²) in [5, 5.41) is 2.36. The number of nitrogens with one attached hydrogen (secondary N) is 1. The van der Waals surface area contributed by atoms with Crippen molar-refractivity contribution in [2.75, 3.05) is 6.54 Å². The van der Waals surface area contributed by atoms with Crippen molar-refractivity contribution in [3.8, 4) is 22.4 Å². The standard InChI is InChI=1S/C32H29N5O3/c38-30-13-12-27(31(39)34-30)37-19-24-16-22(10-11-26(24)32(37)40)28-17-33-29-20-35(14-15-36(28)29)18-23-8-4-5-9-25(23)21-6-2-1-3-7-21/h1-11,16-17,27H,12-15,18-20H2,(H,34,38,39)/t27-/m0/s1. The van der Waals surface area contributed by atoms with Gasteiger partial charge < -0.3 is 9.47 Å². The third-order valence-corrected chi connectivity index (χ3v) is 8.26. The average Bonchev–Trinajstić information content (AvgIpc) is 3.54. The minimum Gasteiger partial charge on any atom is -0.326 e. The number of carbonyl (C=O) groups excluding carboxylic acids is 3. The van der Waals surface area contributed by atoms with E-state index < -0.39 is 11.9 Å². The van der Waals surface area contributed by atoms with E-state index in [0.717, 1.165) is 48.8 Å². The van der Waals surface area contributed by atoms with E-state index in [1.165, 1.54) is 16.7 Å². The van der Waals surface area contributed by atoms with E-state index in [1.807, 2.05) is 30.5 Å². The number of amides is 3. The Morgan fingerprint density at radius 3 is 2.52 bits per heavy atom. The van der Waals surface area contributed by atoms with Crippen LogP contribution in [-0.4, -0.2) is 49.7 Å². The number of carbonyl (C=O) groups is 3. The van der Waals surface area contributed by atoms with Crippen molar-refractivity contribution in [3.63, 3.8) is 0 Å². The maximum absolute atomic E-state index is 13.1. The molecule has 8 nitrogen and oxygen atoms in total. The molecule has 0 spiro atoms. The van der Waals surface area contributed by atoms with Crippen LogP contribution in [0.2, 0.25) is 0 Å². The molecule has 0 bridgehead atoms. The number of nitrogens with zero attached hydrogens (tertiary/aromatic N) is 4. The Kier molecular flexibility index (Phi) is 6.04. The van der Waals surface area contributed by atoms with Crippen molar-refractivity contribution in [1.82, 2.24) is 24.7 Å². The first-order valence-corrected chi connectivity index (χ1v) is 13.7. The van der Waals surface area contributed by atoms with Crippen molar-refractivity contribution >= 4 is 17.7 Å². The van der Waals surface area contributed by atoms with E-state index in [9.17, 15) is 14.4 Å². The van der Waals surface area contributed by atoms with Gasteiger partial charge in [0.05, 0.1) is 18.4 Å². The monoisotopic (exact) mass is 531 g/mol. The van der Waals surface area contributed by atoms with Crippen molar-refractivity contribution in [2.24, 2.45) is 0 Å². The smallest absolute Gasteiger partial charge is 0.255 e. The van der Waals surface area contributed by atoms with Crippen LogP contribution in [0.5, 0.6) is 0 Å². The molecule has 1 saturated heterocycles. The summed E-state index contributed by atoms with van der Waals surface area (Å²) >= 11 is 0. The normalized spacial score (nSPS) is 18.9. The fraction of sp³-hybridized carbons (Fsp3) is 0.250. The zero-order chi connectivity index (χ0) is 27.2. The highest BCUT2D eigenvalue weighted by Gasteiger charge is 2.39. The maximum Gasteiger partial charge on any atom is 0.255 e. The van der Waals surface area contributed by atoms with E-state index in [0.29, 0.717) is 18.5 Å². The number of piperidine rings is 1. The van der Waals surface area contributed by atoms with Gasteiger partial charge in [0.1, 0.15) is 11.9 Å². The molecule has 40 heavy (non-hydrogen) atoms. The zero-order valence-corrected chi connectivity index (χ0v) is 22.0. The molecule has 4 aromatic rings. The zero-order valence-electron chi connectivity index (χ0n) is 22.0. The second-order valence-electron chi connectivity index (χ2n) is 10.7. The fourth-order valence-electron chi connectivity index (χ4n) is 6.21. The van der Waals surface area contributed by atoms with Crippen molar-refractivity contribution < 1.29 is 14.4 Å². The van der Waals surface area contributed by atoms with Crippen LogP contribution in [0.1, 0.15) is 40.2 Å². The highest BCUT2D eigenvalue weighted by Crippen LogP contribution is 2.33. The van der Waals surface area contributed by atoms with E-state index in [-0.39, 0.29) is 18.2 Å². The second kappa shape index (κ2) is 9.88. The molecular formula is C32H29N5O3. The molecule has 0 unspecified atom stereocenters. The average molecular weight is 532 g/mol. The molecule has 3 aliphatic rings. The predicted octanol–water partition coefficient (Wildman–Crippen LogP) is 3.99. The number of aromatic nitrogens is 2. The largest absolute Gasteiger partial charge is 0.326 e. The molecule has 1 aromatic heterocycles. The van der Waals surface area contributed by atoms with E-state index in [4.69, 9.17) is 4.98 Å². The number of imide groups is 1. The van der Waals surface area contributed by atoms with Gasteiger partial charge in [-0.25, -0.2) is 4.98 Å². The van der Waals surface area contributed by atoms with E-state index in [2.05, 4.69) is 63.3 Å². The van der Waals surface area contributed by atoms with Gasteiger partial charge in [0.25, 0.3) is 5.91 Å². The third-order valence-electron chi connectivity index (χ3n) is 8.26. The van der Waals surface area contributed by atoms with Crippen LogP contribution in [0.25, 0.3) is 22.4 Å². The van der Waals surface area contributed by atoms with Gasteiger partial charge in [-0.05, 0) is 40.8 Å². The molecule has 7 rings (SSSR count). The molecule has 1 N–H and O–H groups in total. The molecule has 4 heterocycles. The lowest BCUT2D eigenvalue weighted by atomic mass is 9.99. The fourth-order valence-corrected chi connectivity index (χ4v) is 6.21. The van der Waals surface area contributed by atoms with Crippen LogP contribution < -0.4 is 5.32 Å². The van der Waals surface area contributed by atoms with Crippen molar-refractivity contribution in [2.45, 2.75) is 45.1 Å². The quantitative estimate of drug-likeness (QED) is 0.394. The number of benzene rings is 3. The number of fused-ring (bicyclic) bond motifs is 2. The molecule has 3 amide bonds. The summed E-state index contributed by atoms with van der Waals surface area (Å²) in [5.74, 6) is 0.202. The Morgan fingerprint density at radius 2 is 1.68 bits per heavy atom. The Labute approximate surface area is 232 Å². The molecule has 1 atom stereocenters. The van der Waals surface area contributed by atoms with Crippen LogP contribution in [-0.2, 0) is 35.8 Å². The molecule has 200 valence electrons. The van der Waals surface area contributed by atoms with Crippen LogP contribution in [0, 0.1) is 0 Å². The molecule has 0 radical (unpaired) electrons. The summed E-state index contributed by atoms with van der Waals surface area (Å²) in [6.07, 6.45) is 2.53. The highest BCUT2D eigenvalue weighted by atomic mass is 16.2. The van der Waals surface area contributed by atoms with Gasteiger partial charge in [-0.15, -0.1) is 0 Å². The summed E-state index contributed by atoms with van der Waals surface area (Å²) in [6, 6.07) is 24.4. The lowest BCUT2D eigenvalue weighted by Gasteiger charge is -2.29. The van der Waals surface area contributed by atoms with Gasteiger partial charge >= 0.3 is 0 Å². The molecule has 0 aliphatic carbocycles. The van der Waals surface area contributed by atoms with Crippen LogP contribution in [0.3, 0.4) is 0 Å². The number of imidazole rings is 1. The van der Waals surface area contributed by atoms with Crippen LogP contribution >= 0.6 is 0 Å². The first kappa shape index (κ1) is 24.5. The number of rotatable bonds is 5. The summed E-state index contributed by atoms with van der Waals surface area (Å²) in [7, 11) is 0. The predicted molar refractivity (Wildman–Crippen MR) is 150 cm³/mol. The summed E-state index contributed by atoms with van der Waals surface area (Å²) in [5.41, 5.74) is 7.36. The third kappa shape index (κ3) is 4.30. The molecule has 0 saturated carbocycles. The minimum atomic E-state index is -0.609. The van der Waals surface area contributed by atoms with Gasteiger partial charge in [0.15, 0.2) is 0 Å². The minimum absolute atomic E-state index is 0.155. The topological polar surface area (TPSA) is 87.5 Å². The van der Waals surface area contributed by atoms with Gasteiger partial charge in [-0.3, -0.25) is 24.6 Å². The summed E-state index contributed by atoms with van der Waals surface area (Å²) in [4.78, 5) is 45.9. The lowest BCUT2D eigenvalue weighted by Crippen LogP contribution is -2.52. The van der Waals surface area contributed by atoms with E-state index in [1.54, 1.807) is 4.90 Å². The van der Waals surface area contributed by atoms with E-state index >= 15 is 0 Å². The van der Waals surface area contributed by atoms with Crippen LogP contribution in [0.15, 0.2) is 79.0 Å². The highest BCUT2D eigenvalue weighted by molar-refractivity contribution is 6.05. The van der Waals surface area contributed by atoms with Crippen molar-refractivity contribution in [1.29, 1.82) is 0 Å². The number of hydrogen-bond acceptors (Lipinski definition) is 5. The Balaban J connectivity index is 1.09. The molecule has 3 aliphatic heterocycles.